The summed E-state index contributed by atoms with van der Waals surface area (Å²) >= 11 is 0. The lowest BCUT2D eigenvalue weighted by molar-refractivity contribution is 0.356. The van der Waals surface area contributed by atoms with Gasteiger partial charge in [-0.25, -0.2) is 0 Å². The third-order valence-electron chi connectivity index (χ3n) is 11.1. The number of unbranched alkanes of at least 4 members (excludes halogenated alkanes) is 6. The average Bonchev–Trinajstić information content (AvgIpc) is 3.40. The molecule has 0 radical (unpaired) electrons. The highest BCUT2D eigenvalue weighted by Crippen LogP contribution is 2.59. The van der Waals surface area contributed by atoms with Gasteiger partial charge < -0.3 is 4.57 Å². The van der Waals surface area contributed by atoms with Crippen molar-refractivity contribution in [2.75, 3.05) is 0 Å². The van der Waals surface area contributed by atoms with E-state index >= 15 is 0 Å². The molecule has 0 bridgehead atoms. The summed E-state index contributed by atoms with van der Waals surface area (Å²) in [5, 5.41) is 1.41. The minimum absolute atomic E-state index is 0.0573. The van der Waals surface area contributed by atoms with Gasteiger partial charge in [-0.15, -0.1) is 5.73 Å². The molecule has 1 heterocycles. The predicted octanol–water partition coefficient (Wildman–Crippen LogP) is 16.0. The Labute approximate surface area is 321 Å². The van der Waals surface area contributed by atoms with Gasteiger partial charge in [0.05, 0.1) is 5.69 Å². The van der Waals surface area contributed by atoms with Gasteiger partial charge in [0.25, 0.3) is 0 Å². The molecular weight excluding hydrogens is 627 g/mol. The summed E-state index contributed by atoms with van der Waals surface area (Å²) in [6.07, 6.45) is 36.4. The number of aryl methyl sites for hydroxylation is 2. The Hall–Kier alpha value is -3.28. The normalized spacial score (nSPS) is 21.0. The van der Waals surface area contributed by atoms with Crippen molar-refractivity contribution in [1.82, 2.24) is 4.57 Å². The highest BCUT2D eigenvalue weighted by Gasteiger charge is 2.49. The minimum atomic E-state index is -0.0969. The summed E-state index contributed by atoms with van der Waals surface area (Å²) in [5.41, 5.74) is 16.7. The number of nitrogens with zero attached hydrogens (tertiary/aromatic N) is 1. The van der Waals surface area contributed by atoms with Crippen molar-refractivity contribution in [2.24, 2.45) is 17.9 Å². The average molecular weight is 702 g/mol. The van der Waals surface area contributed by atoms with Crippen LogP contribution in [0, 0.1) is 17.8 Å². The molecule has 0 saturated heterocycles. The fraction of sp³-hybridized carbons (Fsp3) is 0.549. The third kappa shape index (κ3) is 9.82. The third-order valence-corrected chi connectivity index (χ3v) is 11.1. The highest BCUT2D eigenvalue weighted by atomic mass is 15.0. The molecule has 6 rings (SSSR count). The van der Waals surface area contributed by atoms with Gasteiger partial charge in [-0.05, 0) is 96.6 Å². The molecule has 0 N–H and O–H groups in total. The topological polar surface area (TPSA) is 4.93 Å². The van der Waals surface area contributed by atoms with Crippen LogP contribution in [0.2, 0.25) is 0 Å². The Morgan fingerprint density at radius 1 is 0.808 bits per heavy atom. The first-order chi connectivity index (χ1) is 24.9. The quantitative estimate of drug-likeness (QED) is 0.162. The van der Waals surface area contributed by atoms with Crippen LogP contribution in [0.4, 0.5) is 0 Å². The Balaban J connectivity index is 0.000000388. The van der Waals surface area contributed by atoms with Gasteiger partial charge in [-0.2, -0.15) is 0 Å². The van der Waals surface area contributed by atoms with Crippen LogP contribution < -0.4 is 0 Å². The summed E-state index contributed by atoms with van der Waals surface area (Å²) in [4.78, 5) is 0. The van der Waals surface area contributed by atoms with Gasteiger partial charge in [0.15, 0.2) is 0 Å². The van der Waals surface area contributed by atoms with Crippen molar-refractivity contribution >= 4 is 16.5 Å². The van der Waals surface area contributed by atoms with Crippen molar-refractivity contribution in [1.29, 1.82) is 0 Å². The number of hydrogen-bond donors (Lipinski definition) is 0. The zero-order valence-corrected chi connectivity index (χ0v) is 35.9. The first-order valence-electron chi connectivity index (χ1n) is 21.2. The molecule has 1 aromatic heterocycles. The molecule has 284 valence electrons. The van der Waals surface area contributed by atoms with E-state index in [4.69, 9.17) is 0 Å². The largest absolute Gasteiger partial charge is 0.343 e. The van der Waals surface area contributed by atoms with Crippen LogP contribution in [0.5, 0.6) is 0 Å². The Bertz CT molecular complexity index is 1740. The van der Waals surface area contributed by atoms with E-state index < -0.39 is 0 Å². The summed E-state index contributed by atoms with van der Waals surface area (Å²) in [6.45, 7) is 26.8. The fourth-order valence-electron chi connectivity index (χ4n) is 8.75. The minimum Gasteiger partial charge on any atom is -0.343 e. The molecule has 2 atom stereocenters. The number of hydrogen-bond acceptors (Lipinski definition) is 0. The Morgan fingerprint density at radius 3 is 2.17 bits per heavy atom. The molecular formula is C51H75N. The highest BCUT2D eigenvalue weighted by molar-refractivity contribution is 5.99. The lowest BCUT2D eigenvalue weighted by atomic mass is 9.65. The maximum absolute atomic E-state index is 3.45. The summed E-state index contributed by atoms with van der Waals surface area (Å²) in [7, 11) is 2.25. The Morgan fingerprint density at radius 2 is 1.48 bits per heavy atom. The van der Waals surface area contributed by atoms with Crippen LogP contribution in [0.25, 0.3) is 16.5 Å². The molecule has 4 aliphatic rings. The monoisotopic (exact) mass is 702 g/mol. The van der Waals surface area contributed by atoms with E-state index in [1.807, 2.05) is 27.7 Å². The Kier molecular flexibility index (Phi) is 16.3. The lowest BCUT2D eigenvalue weighted by Gasteiger charge is -2.37. The van der Waals surface area contributed by atoms with Crippen LogP contribution in [0.15, 0.2) is 101 Å². The summed E-state index contributed by atoms with van der Waals surface area (Å²) in [5.74, 6) is 0. The van der Waals surface area contributed by atoms with Crippen LogP contribution >= 0.6 is 0 Å². The van der Waals surface area contributed by atoms with E-state index in [0.717, 1.165) is 19.3 Å². The van der Waals surface area contributed by atoms with Crippen molar-refractivity contribution in [2.45, 2.75) is 166 Å². The van der Waals surface area contributed by atoms with Crippen LogP contribution in [-0.2, 0) is 12.5 Å². The molecule has 2 unspecified atom stereocenters. The first kappa shape index (κ1) is 43.1. The molecule has 1 aromatic carbocycles. The molecule has 1 heteroatoms. The van der Waals surface area contributed by atoms with Gasteiger partial charge in [0, 0.05) is 34.4 Å². The zero-order valence-electron chi connectivity index (χ0n) is 35.9. The van der Waals surface area contributed by atoms with E-state index in [1.165, 1.54) is 113 Å². The van der Waals surface area contributed by atoms with Gasteiger partial charge in [-0.3, -0.25) is 0 Å². The number of aromatic nitrogens is 1. The van der Waals surface area contributed by atoms with E-state index in [-0.39, 0.29) is 10.8 Å². The van der Waals surface area contributed by atoms with Gasteiger partial charge in [0.1, 0.15) is 0 Å². The molecule has 0 fully saturated rings. The van der Waals surface area contributed by atoms with E-state index in [9.17, 15) is 0 Å². The fourth-order valence-corrected chi connectivity index (χ4v) is 8.75. The predicted molar refractivity (Wildman–Crippen MR) is 234 cm³/mol. The second kappa shape index (κ2) is 19.7. The molecule has 2 aromatic rings. The first-order valence-corrected chi connectivity index (χ1v) is 21.2. The number of rotatable bonds is 11. The van der Waals surface area contributed by atoms with Crippen molar-refractivity contribution in [3.63, 3.8) is 0 Å². The molecule has 4 aliphatic carbocycles. The van der Waals surface area contributed by atoms with Crippen LogP contribution in [0.1, 0.15) is 170 Å². The summed E-state index contributed by atoms with van der Waals surface area (Å²) in [6, 6.07) is 6.97. The van der Waals surface area contributed by atoms with E-state index in [2.05, 4.69) is 146 Å². The number of allylic oxidation sites excluding steroid dienone is 13. The lowest BCUT2D eigenvalue weighted by Crippen LogP contribution is -2.30. The summed E-state index contributed by atoms with van der Waals surface area (Å²) < 4.78 is 2.44. The molecule has 0 spiro atoms. The number of fused-ring (bicyclic) bond motifs is 4. The second-order valence-electron chi connectivity index (χ2n) is 16.6. The van der Waals surface area contributed by atoms with Crippen molar-refractivity contribution < 1.29 is 0 Å². The molecule has 0 saturated carbocycles. The van der Waals surface area contributed by atoms with E-state index in [0.29, 0.717) is 5.41 Å². The molecule has 0 aliphatic heterocycles. The zero-order chi connectivity index (χ0) is 38.5. The van der Waals surface area contributed by atoms with Crippen molar-refractivity contribution in [3.8, 4) is 0 Å². The standard InChI is InChI=1S/C35H37N.C12H26.2C2H6/c1-6-7-14-25-22-34(3,29-17-12-8-10-15-26(25)29)23-35(4)30-18-13-9-11-16-27(30)33-32(35)28-21-24(2)19-20-31(28)36(33)5;1-5-6-7-8-9-10-11-12(2,3)4;2*1-2/h8,10-11,13,15-22H,6-7,9,14,23H2,1-5H3;5-11H2,1-4H3;2*1-2H3. The maximum atomic E-state index is 3.45. The smallest absolute Gasteiger partial charge is 0.0533 e. The van der Waals surface area contributed by atoms with E-state index in [1.54, 1.807) is 0 Å². The van der Waals surface area contributed by atoms with Gasteiger partial charge >= 0.3 is 0 Å². The van der Waals surface area contributed by atoms with Gasteiger partial charge in [-0.1, -0.05) is 175 Å². The molecule has 52 heavy (non-hydrogen) atoms. The van der Waals surface area contributed by atoms with Crippen LogP contribution in [-0.4, -0.2) is 4.57 Å². The number of benzene rings is 1. The SMILES string of the molecule is CC.CC.CCCCC1=CC(C)(CC2(C)C3=C(C=CCC=C3)c3c2c2cc(C)ccc2n3C)C2=C1C=CC=C=C2.CCCCCCCCC(C)(C)C. The second-order valence-corrected chi connectivity index (χ2v) is 16.6. The van der Waals surface area contributed by atoms with Crippen molar-refractivity contribution in [3.05, 3.63) is 118 Å². The maximum Gasteiger partial charge on any atom is 0.0533 e. The van der Waals surface area contributed by atoms with Gasteiger partial charge in [0.2, 0.25) is 0 Å². The molecule has 0 amide bonds. The van der Waals surface area contributed by atoms with Crippen LogP contribution in [0.3, 0.4) is 0 Å². The molecule has 1 nitrogen and oxygen atoms in total.